The van der Waals surface area contributed by atoms with E-state index in [1.807, 2.05) is 36.6 Å². The fourth-order valence-electron chi connectivity index (χ4n) is 2.94. The maximum Gasteiger partial charge on any atom is 0.341 e. The molecule has 6 nitrogen and oxygen atoms in total. The molecule has 1 N–H and O–H groups in total. The number of methoxy groups -OCH3 is 1. The lowest BCUT2D eigenvalue weighted by atomic mass is 10.0. The highest BCUT2D eigenvalue weighted by molar-refractivity contribution is 7.15. The molecule has 0 atom stereocenters. The summed E-state index contributed by atoms with van der Waals surface area (Å²) in [6, 6.07) is 14.3. The number of hydrogen-bond donors (Lipinski definition) is 1. The first kappa shape index (κ1) is 22.4. The molecule has 2 aromatic carbocycles. The molecule has 162 valence electrons. The molecular formula is C24H25NO5S. The van der Waals surface area contributed by atoms with Gasteiger partial charge in [-0.25, -0.2) is 4.79 Å². The molecule has 0 radical (unpaired) electrons. The number of rotatable bonds is 9. The standard InChI is InChI=1S/C24H25NO5S/c1-4-14-30-19-12-6-16(7-13-19)20-15-31-23(21(20)24(27)29-5-2)25-22(26)17-8-10-18(28-3)11-9-17/h6-13,15H,4-5,14H2,1-3H3,(H,25,26). The molecule has 0 aliphatic heterocycles. The number of esters is 1. The molecule has 1 amide bonds. The van der Waals surface area contributed by atoms with E-state index in [2.05, 4.69) is 5.32 Å². The molecule has 3 rings (SSSR count). The van der Waals surface area contributed by atoms with E-state index in [1.165, 1.54) is 11.3 Å². The van der Waals surface area contributed by atoms with Crippen molar-refractivity contribution in [2.45, 2.75) is 20.3 Å². The third-order valence-corrected chi connectivity index (χ3v) is 5.38. The number of amides is 1. The zero-order chi connectivity index (χ0) is 22.2. The number of carbonyl (C=O) groups excluding carboxylic acids is 2. The summed E-state index contributed by atoms with van der Waals surface area (Å²) in [6.45, 7) is 4.68. The maximum atomic E-state index is 12.7. The van der Waals surface area contributed by atoms with Crippen LogP contribution in [0.4, 0.5) is 5.00 Å². The van der Waals surface area contributed by atoms with Crippen molar-refractivity contribution in [1.29, 1.82) is 0 Å². The van der Waals surface area contributed by atoms with Crippen LogP contribution >= 0.6 is 11.3 Å². The van der Waals surface area contributed by atoms with E-state index in [1.54, 1.807) is 38.3 Å². The van der Waals surface area contributed by atoms with Crippen molar-refractivity contribution >= 4 is 28.2 Å². The van der Waals surface area contributed by atoms with Crippen LogP contribution in [0.25, 0.3) is 11.1 Å². The van der Waals surface area contributed by atoms with Crippen molar-refractivity contribution in [2.75, 3.05) is 25.6 Å². The Kier molecular flexibility index (Phi) is 7.67. The molecule has 0 aliphatic carbocycles. The highest BCUT2D eigenvalue weighted by Crippen LogP contribution is 2.37. The zero-order valence-electron chi connectivity index (χ0n) is 17.8. The number of ether oxygens (including phenoxy) is 3. The Hall–Kier alpha value is -3.32. The Balaban J connectivity index is 1.89. The summed E-state index contributed by atoms with van der Waals surface area (Å²) in [5, 5.41) is 5.14. The summed E-state index contributed by atoms with van der Waals surface area (Å²) in [6.07, 6.45) is 0.927. The van der Waals surface area contributed by atoms with Crippen molar-refractivity contribution in [2.24, 2.45) is 0 Å². The van der Waals surface area contributed by atoms with Crippen molar-refractivity contribution in [1.82, 2.24) is 0 Å². The third-order valence-electron chi connectivity index (χ3n) is 4.49. The fourth-order valence-corrected chi connectivity index (χ4v) is 3.89. The third kappa shape index (κ3) is 5.44. The predicted octanol–water partition coefficient (Wildman–Crippen LogP) is 5.64. The summed E-state index contributed by atoms with van der Waals surface area (Å²) >= 11 is 1.29. The van der Waals surface area contributed by atoms with Crippen LogP contribution in [0.15, 0.2) is 53.9 Å². The molecule has 0 bridgehead atoms. The molecule has 1 aromatic heterocycles. The van der Waals surface area contributed by atoms with E-state index >= 15 is 0 Å². The molecule has 3 aromatic rings. The quantitative estimate of drug-likeness (QED) is 0.437. The Morgan fingerprint density at radius 3 is 2.26 bits per heavy atom. The molecular weight excluding hydrogens is 414 g/mol. The monoisotopic (exact) mass is 439 g/mol. The van der Waals surface area contributed by atoms with E-state index in [0.29, 0.717) is 34.0 Å². The first-order valence-electron chi connectivity index (χ1n) is 10.0. The largest absolute Gasteiger partial charge is 0.497 e. The van der Waals surface area contributed by atoms with Crippen LogP contribution in [-0.4, -0.2) is 32.2 Å². The van der Waals surface area contributed by atoms with Gasteiger partial charge in [-0.3, -0.25) is 4.79 Å². The van der Waals surface area contributed by atoms with Gasteiger partial charge in [-0.15, -0.1) is 11.3 Å². The molecule has 0 spiro atoms. The van der Waals surface area contributed by atoms with Gasteiger partial charge < -0.3 is 19.5 Å². The summed E-state index contributed by atoms with van der Waals surface area (Å²) in [7, 11) is 1.57. The minimum Gasteiger partial charge on any atom is -0.497 e. The molecule has 0 unspecified atom stereocenters. The summed E-state index contributed by atoms with van der Waals surface area (Å²) in [5.41, 5.74) is 2.35. The van der Waals surface area contributed by atoms with Crippen LogP contribution < -0.4 is 14.8 Å². The van der Waals surface area contributed by atoms with E-state index in [4.69, 9.17) is 14.2 Å². The smallest absolute Gasteiger partial charge is 0.341 e. The van der Waals surface area contributed by atoms with Crippen LogP contribution in [0.3, 0.4) is 0 Å². The number of anilines is 1. The van der Waals surface area contributed by atoms with Gasteiger partial charge in [0, 0.05) is 16.5 Å². The minimum atomic E-state index is -0.477. The Morgan fingerprint density at radius 1 is 0.968 bits per heavy atom. The number of hydrogen-bond acceptors (Lipinski definition) is 6. The maximum absolute atomic E-state index is 12.7. The average molecular weight is 440 g/mol. The highest BCUT2D eigenvalue weighted by Gasteiger charge is 2.23. The van der Waals surface area contributed by atoms with Gasteiger partial charge in [-0.05, 0) is 55.3 Å². The minimum absolute atomic E-state index is 0.240. The summed E-state index contributed by atoms with van der Waals surface area (Å²) < 4.78 is 16.0. The first-order valence-corrected chi connectivity index (χ1v) is 10.9. The van der Waals surface area contributed by atoms with E-state index < -0.39 is 5.97 Å². The lowest BCUT2D eigenvalue weighted by molar-refractivity contribution is 0.0529. The van der Waals surface area contributed by atoms with Crippen molar-refractivity contribution in [3.8, 4) is 22.6 Å². The van der Waals surface area contributed by atoms with E-state index in [0.717, 1.165) is 17.7 Å². The summed E-state index contributed by atoms with van der Waals surface area (Å²) in [4.78, 5) is 25.4. The normalized spacial score (nSPS) is 10.4. The molecule has 7 heteroatoms. The van der Waals surface area contributed by atoms with Gasteiger partial charge in [0.05, 0.1) is 20.3 Å². The SMILES string of the molecule is CCCOc1ccc(-c2csc(NC(=O)c3ccc(OC)cc3)c2C(=O)OCC)cc1. The molecule has 0 aliphatic rings. The molecule has 0 saturated carbocycles. The van der Waals surface area contributed by atoms with Gasteiger partial charge in [-0.2, -0.15) is 0 Å². The second kappa shape index (κ2) is 10.6. The second-order valence-electron chi connectivity index (χ2n) is 6.63. The number of nitrogens with one attached hydrogen (secondary N) is 1. The summed E-state index contributed by atoms with van der Waals surface area (Å²) in [5.74, 6) is 0.639. The molecule has 31 heavy (non-hydrogen) atoms. The van der Waals surface area contributed by atoms with Crippen LogP contribution in [0, 0.1) is 0 Å². The van der Waals surface area contributed by atoms with Gasteiger partial charge in [-0.1, -0.05) is 19.1 Å². The van der Waals surface area contributed by atoms with Gasteiger partial charge in [0.1, 0.15) is 22.1 Å². The fraction of sp³-hybridized carbons (Fsp3) is 0.250. The van der Waals surface area contributed by atoms with Crippen LogP contribution in [0.2, 0.25) is 0 Å². The topological polar surface area (TPSA) is 73.9 Å². The Labute approximate surface area is 185 Å². The van der Waals surface area contributed by atoms with E-state index in [9.17, 15) is 9.59 Å². The lowest BCUT2D eigenvalue weighted by Crippen LogP contribution is -2.14. The Bertz CT molecular complexity index is 1030. The second-order valence-corrected chi connectivity index (χ2v) is 7.51. The number of carbonyl (C=O) groups is 2. The Morgan fingerprint density at radius 2 is 1.65 bits per heavy atom. The number of thiophene rings is 1. The van der Waals surface area contributed by atoms with Crippen LogP contribution in [-0.2, 0) is 4.74 Å². The first-order chi connectivity index (χ1) is 15.1. The highest BCUT2D eigenvalue weighted by atomic mass is 32.1. The lowest BCUT2D eigenvalue weighted by Gasteiger charge is -2.10. The predicted molar refractivity (Wildman–Crippen MR) is 122 cm³/mol. The van der Waals surface area contributed by atoms with Crippen molar-refractivity contribution < 1.29 is 23.8 Å². The van der Waals surface area contributed by atoms with Gasteiger partial charge in [0.2, 0.25) is 0 Å². The van der Waals surface area contributed by atoms with Gasteiger partial charge >= 0.3 is 5.97 Å². The van der Waals surface area contributed by atoms with Crippen molar-refractivity contribution in [3.05, 3.63) is 65.0 Å². The van der Waals surface area contributed by atoms with Gasteiger partial charge in [0.25, 0.3) is 5.91 Å². The molecule has 0 saturated heterocycles. The van der Waals surface area contributed by atoms with Crippen molar-refractivity contribution in [3.63, 3.8) is 0 Å². The van der Waals surface area contributed by atoms with Crippen LogP contribution in [0.5, 0.6) is 11.5 Å². The zero-order valence-corrected chi connectivity index (χ0v) is 18.6. The molecule has 1 heterocycles. The van der Waals surface area contributed by atoms with Gasteiger partial charge in [0.15, 0.2) is 0 Å². The van der Waals surface area contributed by atoms with Crippen LogP contribution in [0.1, 0.15) is 41.0 Å². The molecule has 0 fully saturated rings. The average Bonchev–Trinajstić information content (AvgIpc) is 3.21. The van der Waals surface area contributed by atoms with E-state index in [-0.39, 0.29) is 12.5 Å². The number of benzene rings is 2.